The SMILES string of the molecule is CC(C)C(O)CC(O)C(C)(O)C1CCC2(O)C3=CC(=O)C4(O)CC(O)C(OC(=O)C=Cc5ccccc5)CC4(C)C3CCC12C. The molecule has 3 saturated carbocycles. The quantitative estimate of drug-likeness (QED) is 0.188. The van der Waals surface area contributed by atoms with E-state index in [4.69, 9.17) is 4.74 Å². The molecule has 6 N–H and O–H groups in total. The van der Waals surface area contributed by atoms with Gasteiger partial charge >= 0.3 is 5.97 Å². The molecule has 4 aliphatic carbocycles. The van der Waals surface area contributed by atoms with Gasteiger partial charge in [0.1, 0.15) is 11.7 Å². The maximum atomic E-state index is 13.8. The highest BCUT2D eigenvalue weighted by molar-refractivity contribution is 6.00. The Bertz CT molecular complexity index is 1350. The number of esters is 1. The highest BCUT2D eigenvalue weighted by atomic mass is 16.6. The first-order chi connectivity index (χ1) is 20.9. The minimum absolute atomic E-state index is 0.00639. The summed E-state index contributed by atoms with van der Waals surface area (Å²) in [7, 11) is 0. The predicted molar refractivity (Wildman–Crippen MR) is 167 cm³/mol. The van der Waals surface area contributed by atoms with Crippen LogP contribution in [0.2, 0.25) is 0 Å². The minimum atomic E-state index is -1.92. The standard InChI is InChI=1S/C36H50O9/c1-21(2)25(37)18-29(39)34(5,42)28-14-16-35(43)24-17-30(40)36(44)19-26(38)27(20-33(36,4)23(24)13-15-32(28,35)3)45-31(41)12-11-22-9-7-6-8-10-22/h6-12,17,21,23,25-29,37-39,42-44H,13-16,18-20H2,1-5H3. The van der Waals surface area contributed by atoms with E-state index in [1.54, 1.807) is 19.9 Å². The Morgan fingerprint density at radius 2 is 1.71 bits per heavy atom. The molecular weight excluding hydrogens is 576 g/mol. The van der Waals surface area contributed by atoms with Crippen LogP contribution in [0, 0.1) is 28.6 Å². The van der Waals surface area contributed by atoms with E-state index in [0.717, 1.165) is 5.56 Å². The summed E-state index contributed by atoms with van der Waals surface area (Å²) in [4.78, 5) is 26.6. The molecule has 1 aromatic carbocycles. The summed E-state index contributed by atoms with van der Waals surface area (Å²) >= 11 is 0. The molecule has 0 spiro atoms. The molecule has 0 heterocycles. The first-order valence-corrected chi connectivity index (χ1v) is 16.3. The van der Waals surface area contributed by atoms with Gasteiger partial charge in [-0.1, -0.05) is 58.0 Å². The third-order valence-electron chi connectivity index (χ3n) is 12.4. The second-order valence-electron chi connectivity index (χ2n) is 15.2. The molecule has 0 aliphatic heterocycles. The molecule has 0 bridgehead atoms. The van der Waals surface area contributed by atoms with E-state index in [0.29, 0.717) is 24.8 Å². The third-order valence-corrected chi connectivity index (χ3v) is 12.4. The lowest BCUT2D eigenvalue weighted by atomic mass is 9.44. The second-order valence-corrected chi connectivity index (χ2v) is 15.2. The molecule has 11 unspecified atom stereocenters. The number of carbonyl (C=O) groups excluding carboxylic acids is 2. The zero-order valence-electron chi connectivity index (χ0n) is 27.0. The molecular formula is C36H50O9. The van der Waals surface area contributed by atoms with Gasteiger partial charge in [0.05, 0.1) is 29.5 Å². The van der Waals surface area contributed by atoms with Gasteiger partial charge in [-0.05, 0) is 80.1 Å². The number of hydrogen-bond donors (Lipinski definition) is 6. The molecule has 5 rings (SSSR count). The van der Waals surface area contributed by atoms with E-state index in [9.17, 15) is 40.2 Å². The van der Waals surface area contributed by atoms with Crippen molar-refractivity contribution in [3.63, 3.8) is 0 Å². The normalized spacial score (nSPS) is 40.6. The van der Waals surface area contributed by atoms with Crippen molar-refractivity contribution in [2.24, 2.45) is 28.6 Å². The summed E-state index contributed by atoms with van der Waals surface area (Å²) < 4.78 is 5.71. The van der Waals surface area contributed by atoms with Crippen LogP contribution in [-0.4, -0.2) is 83.6 Å². The van der Waals surface area contributed by atoms with Crippen LogP contribution >= 0.6 is 0 Å². The number of aliphatic hydroxyl groups is 6. The summed E-state index contributed by atoms with van der Waals surface area (Å²) in [6, 6.07) is 9.24. The predicted octanol–water partition coefficient (Wildman–Crippen LogP) is 3.09. The topological polar surface area (TPSA) is 165 Å². The number of aliphatic hydroxyl groups excluding tert-OH is 3. The molecule has 0 amide bonds. The summed E-state index contributed by atoms with van der Waals surface area (Å²) in [5.41, 5.74) is -5.79. The van der Waals surface area contributed by atoms with E-state index in [-0.39, 0.29) is 31.6 Å². The number of carbonyl (C=O) groups is 2. The van der Waals surface area contributed by atoms with Crippen molar-refractivity contribution < 1.29 is 45.0 Å². The molecule has 1 aromatic rings. The van der Waals surface area contributed by atoms with Gasteiger partial charge < -0.3 is 35.4 Å². The number of hydrogen-bond acceptors (Lipinski definition) is 9. The average Bonchev–Trinajstić information content (AvgIpc) is 3.26. The maximum Gasteiger partial charge on any atom is 0.331 e. The molecule has 0 saturated heterocycles. The Morgan fingerprint density at radius 3 is 2.36 bits per heavy atom. The molecule has 11 atom stereocenters. The number of benzene rings is 1. The first-order valence-electron chi connectivity index (χ1n) is 16.3. The molecule has 248 valence electrons. The average molecular weight is 627 g/mol. The molecule has 0 aromatic heterocycles. The van der Waals surface area contributed by atoms with Crippen LogP contribution in [-0.2, 0) is 14.3 Å². The van der Waals surface area contributed by atoms with E-state index >= 15 is 0 Å². The van der Waals surface area contributed by atoms with Gasteiger partial charge in [-0.2, -0.15) is 0 Å². The van der Waals surface area contributed by atoms with Gasteiger partial charge in [0, 0.05) is 29.7 Å². The number of rotatable bonds is 8. The van der Waals surface area contributed by atoms with Gasteiger partial charge in [-0.3, -0.25) is 4.79 Å². The fourth-order valence-electron chi connectivity index (χ4n) is 9.28. The van der Waals surface area contributed by atoms with Gasteiger partial charge in [-0.15, -0.1) is 0 Å². The zero-order chi connectivity index (χ0) is 33.2. The van der Waals surface area contributed by atoms with E-state index in [1.807, 2.05) is 51.1 Å². The van der Waals surface area contributed by atoms with Crippen molar-refractivity contribution in [3.8, 4) is 0 Å². The number of ketones is 1. The lowest BCUT2D eigenvalue weighted by molar-refractivity contribution is -0.216. The maximum absolute atomic E-state index is 13.8. The van der Waals surface area contributed by atoms with Crippen LogP contribution in [0.3, 0.4) is 0 Å². The van der Waals surface area contributed by atoms with Crippen molar-refractivity contribution in [2.45, 2.75) is 121 Å². The van der Waals surface area contributed by atoms with Crippen molar-refractivity contribution >= 4 is 17.8 Å². The van der Waals surface area contributed by atoms with Gasteiger partial charge in [-0.25, -0.2) is 4.79 Å². The van der Waals surface area contributed by atoms with Gasteiger partial charge in [0.15, 0.2) is 5.78 Å². The lowest BCUT2D eigenvalue weighted by Crippen LogP contribution is -2.69. The summed E-state index contributed by atoms with van der Waals surface area (Å²) in [6.07, 6.45) is 1.24. The second kappa shape index (κ2) is 11.7. The zero-order valence-corrected chi connectivity index (χ0v) is 27.0. The Labute approximate surface area is 265 Å². The Morgan fingerprint density at radius 1 is 1.04 bits per heavy atom. The highest BCUT2D eigenvalue weighted by Crippen LogP contribution is 2.69. The van der Waals surface area contributed by atoms with Gasteiger partial charge in [0.2, 0.25) is 0 Å². The lowest BCUT2D eigenvalue weighted by Gasteiger charge is -2.63. The van der Waals surface area contributed by atoms with Crippen LogP contribution in [0.1, 0.15) is 85.1 Å². The van der Waals surface area contributed by atoms with Crippen molar-refractivity contribution in [1.82, 2.24) is 0 Å². The molecule has 4 aliphatic rings. The van der Waals surface area contributed by atoms with Crippen molar-refractivity contribution in [2.75, 3.05) is 0 Å². The smallest absolute Gasteiger partial charge is 0.331 e. The number of fused-ring (bicyclic) bond motifs is 5. The fourth-order valence-corrected chi connectivity index (χ4v) is 9.28. The molecule has 45 heavy (non-hydrogen) atoms. The minimum Gasteiger partial charge on any atom is -0.456 e. The van der Waals surface area contributed by atoms with Crippen LogP contribution in [0.4, 0.5) is 0 Å². The third kappa shape index (κ3) is 5.33. The largest absolute Gasteiger partial charge is 0.456 e. The Kier molecular flexibility index (Phi) is 8.82. The summed E-state index contributed by atoms with van der Waals surface area (Å²) in [6.45, 7) is 8.92. The Hall–Kier alpha value is -2.40. The highest BCUT2D eigenvalue weighted by Gasteiger charge is 2.72. The first kappa shape index (κ1) is 33.9. The van der Waals surface area contributed by atoms with E-state index < -0.39 is 75.6 Å². The summed E-state index contributed by atoms with van der Waals surface area (Å²) in [5.74, 6) is -2.34. The molecule has 0 radical (unpaired) electrons. The van der Waals surface area contributed by atoms with Crippen molar-refractivity contribution in [1.29, 1.82) is 0 Å². The van der Waals surface area contributed by atoms with Crippen LogP contribution in [0.25, 0.3) is 6.08 Å². The molecule has 9 heteroatoms. The van der Waals surface area contributed by atoms with Crippen LogP contribution in [0.15, 0.2) is 48.1 Å². The number of ether oxygens (including phenoxy) is 1. The Balaban J connectivity index is 1.42. The monoisotopic (exact) mass is 626 g/mol. The van der Waals surface area contributed by atoms with Crippen LogP contribution in [0.5, 0.6) is 0 Å². The molecule has 9 nitrogen and oxygen atoms in total. The van der Waals surface area contributed by atoms with Gasteiger partial charge in [0.25, 0.3) is 0 Å². The van der Waals surface area contributed by atoms with E-state index in [2.05, 4.69) is 0 Å². The van der Waals surface area contributed by atoms with Crippen molar-refractivity contribution in [3.05, 3.63) is 53.6 Å². The van der Waals surface area contributed by atoms with E-state index in [1.165, 1.54) is 12.2 Å². The van der Waals surface area contributed by atoms with Crippen LogP contribution < -0.4 is 0 Å². The molecule has 3 fully saturated rings. The summed E-state index contributed by atoms with van der Waals surface area (Å²) in [5, 5.41) is 68.7. The fraction of sp³-hybridized carbons (Fsp3) is 0.667.